The maximum absolute atomic E-state index is 5.84. The minimum absolute atomic E-state index is 0.258. The van der Waals surface area contributed by atoms with Gasteiger partial charge < -0.3 is 19.7 Å². The highest BCUT2D eigenvalue weighted by Crippen LogP contribution is 2.46. The lowest BCUT2D eigenvalue weighted by Gasteiger charge is -2.19. The van der Waals surface area contributed by atoms with Gasteiger partial charge in [0.05, 0.1) is 30.5 Å². The van der Waals surface area contributed by atoms with Crippen molar-refractivity contribution in [1.29, 1.82) is 0 Å². The number of benzene rings is 1. The molecule has 1 aromatic heterocycles. The fraction of sp³-hybridized carbons (Fsp3) is 0.357. The number of nitrogen functional groups attached to an aromatic ring is 1. The van der Waals surface area contributed by atoms with Crippen LogP contribution in [0.15, 0.2) is 21.3 Å². The number of hydrogen-bond donors (Lipinski definition) is 1. The number of rotatable bonds is 4. The van der Waals surface area contributed by atoms with Crippen LogP contribution in [0.1, 0.15) is 25.3 Å². The third kappa shape index (κ3) is 2.35. The quantitative estimate of drug-likeness (QED) is 0.915. The zero-order chi connectivity index (χ0) is 14.9. The number of methoxy groups -OCH3 is 2. The first-order valence-corrected chi connectivity index (χ1v) is 6.95. The van der Waals surface area contributed by atoms with E-state index in [0.29, 0.717) is 11.5 Å². The molecule has 6 heteroatoms. The predicted molar refractivity (Wildman–Crippen MR) is 81.2 cm³/mol. The predicted octanol–water partition coefficient (Wildman–Crippen LogP) is 3.83. The summed E-state index contributed by atoms with van der Waals surface area (Å²) in [5, 5.41) is 3.74. The van der Waals surface area contributed by atoms with Gasteiger partial charge in [-0.15, -0.1) is 0 Å². The largest absolute Gasteiger partial charge is 0.493 e. The van der Waals surface area contributed by atoms with E-state index in [1.165, 1.54) is 0 Å². The number of anilines is 1. The highest BCUT2D eigenvalue weighted by atomic mass is 79.9. The molecule has 2 aromatic rings. The third-order valence-electron chi connectivity index (χ3n) is 3.12. The van der Waals surface area contributed by atoms with Crippen LogP contribution in [0.25, 0.3) is 11.1 Å². The topological polar surface area (TPSA) is 70.5 Å². The van der Waals surface area contributed by atoms with Gasteiger partial charge in [-0.05, 0) is 39.0 Å². The van der Waals surface area contributed by atoms with Gasteiger partial charge in [-0.2, -0.15) is 0 Å². The second kappa shape index (κ2) is 5.75. The van der Waals surface area contributed by atoms with Gasteiger partial charge >= 0.3 is 0 Å². The second-order valence-electron chi connectivity index (χ2n) is 4.65. The van der Waals surface area contributed by atoms with Crippen molar-refractivity contribution >= 4 is 21.8 Å². The Morgan fingerprint density at radius 3 is 2.40 bits per heavy atom. The first-order valence-electron chi connectivity index (χ1n) is 6.16. The molecule has 0 aliphatic rings. The van der Waals surface area contributed by atoms with Crippen molar-refractivity contribution in [2.45, 2.75) is 19.8 Å². The van der Waals surface area contributed by atoms with Crippen LogP contribution < -0.4 is 15.2 Å². The van der Waals surface area contributed by atoms with E-state index in [0.717, 1.165) is 21.2 Å². The fourth-order valence-electron chi connectivity index (χ4n) is 2.20. The lowest BCUT2D eigenvalue weighted by molar-refractivity contribution is 0.352. The monoisotopic (exact) mass is 340 g/mol. The van der Waals surface area contributed by atoms with E-state index in [9.17, 15) is 0 Å². The summed E-state index contributed by atoms with van der Waals surface area (Å²) in [6.45, 7) is 4.19. The van der Waals surface area contributed by atoms with Crippen molar-refractivity contribution in [3.8, 4) is 22.6 Å². The molecule has 0 atom stereocenters. The lowest BCUT2D eigenvalue weighted by Crippen LogP contribution is -2.00. The number of nitrogens with zero attached hydrogens (tertiary/aromatic N) is 1. The maximum Gasteiger partial charge on any atom is 0.229 e. The van der Waals surface area contributed by atoms with Gasteiger partial charge in [0.25, 0.3) is 0 Å². The first kappa shape index (κ1) is 14.7. The van der Waals surface area contributed by atoms with Crippen molar-refractivity contribution in [2.24, 2.45) is 0 Å². The third-order valence-corrected chi connectivity index (χ3v) is 3.90. The molecule has 0 aliphatic carbocycles. The Bertz CT molecular complexity index is 623. The molecular weight excluding hydrogens is 324 g/mol. The average molecular weight is 341 g/mol. The minimum atomic E-state index is 0.258. The molecule has 0 unspecified atom stereocenters. The molecule has 0 saturated carbocycles. The van der Waals surface area contributed by atoms with E-state index >= 15 is 0 Å². The van der Waals surface area contributed by atoms with Crippen LogP contribution in [-0.4, -0.2) is 19.4 Å². The number of halogens is 1. The van der Waals surface area contributed by atoms with Gasteiger partial charge in [-0.1, -0.05) is 19.0 Å². The fourth-order valence-corrected chi connectivity index (χ4v) is 3.23. The molecule has 1 aromatic carbocycles. The molecule has 0 spiro atoms. The van der Waals surface area contributed by atoms with Crippen LogP contribution >= 0.6 is 15.9 Å². The van der Waals surface area contributed by atoms with E-state index in [-0.39, 0.29) is 11.8 Å². The number of nitrogens with two attached hydrogens (primary N) is 1. The van der Waals surface area contributed by atoms with Crippen LogP contribution in [0.4, 0.5) is 5.88 Å². The molecule has 0 amide bonds. The van der Waals surface area contributed by atoms with Crippen LogP contribution in [0.5, 0.6) is 11.5 Å². The highest BCUT2D eigenvalue weighted by molar-refractivity contribution is 9.10. The minimum Gasteiger partial charge on any atom is -0.493 e. The molecule has 1 heterocycles. The Balaban J connectivity index is 2.79. The van der Waals surface area contributed by atoms with Crippen LogP contribution in [-0.2, 0) is 0 Å². The summed E-state index contributed by atoms with van der Waals surface area (Å²) in [4.78, 5) is 0. The normalized spacial score (nSPS) is 10.9. The van der Waals surface area contributed by atoms with Crippen molar-refractivity contribution in [3.63, 3.8) is 0 Å². The summed E-state index contributed by atoms with van der Waals surface area (Å²) in [6, 6.07) is 1.89. The SMILES string of the molecule is COc1cc(-c2cnoc2N)c(C(C)C)c(Br)c1OC. The Labute approximate surface area is 126 Å². The molecule has 5 nitrogen and oxygen atoms in total. The molecular formula is C14H17BrN2O3. The molecule has 2 rings (SSSR count). The van der Waals surface area contributed by atoms with Crippen LogP contribution in [0.2, 0.25) is 0 Å². The van der Waals surface area contributed by atoms with Gasteiger partial charge in [-0.3, -0.25) is 0 Å². The van der Waals surface area contributed by atoms with Gasteiger partial charge in [0.1, 0.15) is 0 Å². The zero-order valence-electron chi connectivity index (χ0n) is 11.9. The number of hydrogen-bond acceptors (Lipinski definition) is 5. The van der Waals surface area contributed by atoms with E-state index in [2.05, 4.69) is 34.9 Å². The molecule has 0 aliphatic heterocycles. The van der Waals surface area contributed by atoms with E-state index in [1.807, 2.05) is 6.07 Å². The number of aromatic nitrogens is 1. The van der Waals surface area contributed by atoms with E-state index < -0.39 is 0 Å². The molecule has 2 N–H and O–H groups in total. The van der Waals surface area contributed by atoms with Crippen molar-refractivity contribution in [2.75, 3.05) is 20.0 Å². The summed E-state index contributed by atoms with van der Waals surface area (Å²) >= 11 is 3.60. The molecule has 0 fully saturated rings. The smallest absolute Gasteiger partial charge is 0.229 e. The lowest BCUT2D eigenvalue weighted by atomic mass is 9.93. The van der Waals surface area contributed by atoms with Crippen molar-refractivity contribution in [3.05, 3.63) is 22.3 Å². The summed E-state index contributed by atoms with van der Waals surface area (Å²) in [5.41, 5.74) is 8.57. The standard InChI is InChI=1S/C14H17BrN2O3/c1-7(2)11-8(9-6-17-20-14(9)16)5-10(18-3)13(19-4)12(11)15/h5-7H,16H2,1-4H3. The first-order chi connectivity index (χ1) is 9.51. The Morgan fingerprint density at radius 1 is 1.25 bits per heavy atom. The van der Waals surface area contributed by atoms with Gasteiger partial charge in [0, 0.05) is 0 Å². The summed E-state index contributed by atoms with van der Waals surface area (Å²) in [6.07, 6.45) is 1.61. The van der Waals surface area contributed by atoms with Crippen molar-refractivity contribution in [1.82, 2.24) is 5.16 Å². The highest BCUT2D eigenvalue weighted by Gasteiger charge is 2.23. The molecule has 0 bridgehead atoms. The van der Waals surface area contributed by atoms with Gasteiger partial charge in [-0.25, -0.2) is 0 Å². The second-order valence-corrected chi connectivity index (χ2v) is 5.44. The Morgan fingerprint density at radius 2 is 1.95 bits per heavy atom. The van der Waals surface area contributed by atoms with Gasteiger partial charge in [0.2, 0.25) is 5.88 Å². The van der Waals surface area contributed by atoms with Crippen LogP contribution in [0, 0.1) is 0 Å². The van der Waals surface area contributed by atoms with Crippen LogP contribution in [0.3, 0.4) is 0 Å². The zero-order valence-corrected chi connectivity index (χ0v) is 13.4. The molecule has 0 saturated heterocycles. The maximum atomic E-state index is 5.84. The molecule has 20 heavy (non-hydrogen) atoms. The van der Waals surface area contributed by atoms with Gasteiger partial charge in [0.15, 0.2) is 11.5 Å². The number of ether oxygens (including phenoxy) is 2. The Hall–Kier alpha value is -1.69. The van der Waals surface area contributed by atoms with E-state index in [4.69, 9.17) is 19.7 Å². The van der Waals surface area contributed by atoms with Crippen molar-refractivity contribution < 1.29 is 14.0 Å². The molecule has 108 valence electrons. The summed E-state index contributed by atoms with van der Waals surface area (Å²) in [7, 11) is 3.21. The summed E-state index contributed by atoms with van der Waals surface area (Å²) < 4.78 is 16.6. The molecule has 0 radical (unpaired) electrons. The Kier molecular flexibility index (Phi) is 4.23. The summed E-state index contributed by atoms with van der Waals surface area (Å²) in [5.74, 6) is 1.83. The average Bonchev–Trinajstić information content (AvgIpc) is 2.83. The van der Waals surface area contributed by atoms with E-state index in [1.54, 1.807) is 20.4 Å².